The molecule has 0 aromatic heterocycles. The highest BCUT2D eigenvalue weighted by atomic mass is 16.2. The minimum absolute atomic E-state index is 0.163. The van der Waals surface area contributed by atoms with E-state index in [9.17, 15) is 4.79 Å². The van der Waals surface area contributed by atoms with Gasteiger partial charge in [0.05, 0.1) is 5.56 Å². The van der Waals surface area contributed by atoms with E-state index in [2.05, 4.69) is 19.2 Å². The molecule has 3 nitrogen and oxygen atoms in total. The van der Waals surface area contributed by atoms with Gasteiger partial charge in [-0.25, -0.2) is 0 Å². The lowest BCUT2D eigenvalue weighted by Gasteiger charge is -2.39. The van der Waals surface area contributed by atoms with Crippen molar-refractivity contribution in [2.24, 2.45) is 5.41 Å². The molecule has 0 spiro atoms. The fourth-order valence-electron chi connectivity index (χ4n) is 2.83. The average Bonchev–Trinajstić information content (AvgIpc) is 2.47. The number of aryl methyl sites for hydroxylation is 1. The van der Waals surface area contributed by atoms with E-state index in [4.69, 9.17) is 0 Å². The number of rotatable bonds is 3. The predicted molar refractivity (Wildman–Crippen MR) is 84.3 cm³/mol. The minimum atomic E-state index is 0.163. The Morgan fingerprint density at radius 1 is 1.35 bits per heavy atom. The molecule has 0 aliphatic carbocycles. The molecule has 1 N–H and O–H groups in total. The number of hydrogen-bond donors (Lipinski definition) is 1. The Labute approximate surface area is 122 Å². The fourth-order valence-corrected chi connectivity index (χ4v) is 2.83. The average molecular weight is 274 g/mol. The molecular formula is C17H26N2O. The van der Waals surface area contributed by atoms with Gasteiger partial charge in [-0.1, -0.05) is 31.9 Å². The van der Waals surface area contributed by atoms with E-state index < -0.39 is 0 Å². The molecule has 0 radical (unpaired) electrons. The molecule has 110 valence electrons. The van der Waals surface area contributed by atoms with E-state index in [0.717, 1.165) is 42.7 Å². The summed E-state index contributed by atoms with van der Waals surface area (Å²) in [6.07, 6.45) is 3.41. The van der Waals surface area contributed by atoms with Crippen molar-refractivity contribution in [2.45, 2.75) is 40.0 Å². The van der Waals surface area contributed by atoms with Crippen molar-refractivity contribution in [3.8, 4) is 0 Å². The summed E-state index contributed by atoms with van der Waals surface area (Å²) in [5.74, 6) is 0.163. The number of anilines is 1. The third-order valence-corrected chi connectivity index (χ3v) is 4.79. The third kappa shape index (κ3) is 2.97. The van der Waals surface area contributed by atoms with Gasteiger partial charge >= 0.3 is 0 Å². The molecule has 1 saturated heterocycles. The summed E-state index contributed by atoms with van der Waals surface area (Å²) in [5, 5.41) is 3.12. The predicted octanol–water partition coefficient (Wildman–Crippen LogP) is 3.69. The molecule has 3 heteroatoms. The molecule has 2 rings (SSSR count). The first kappa shape index (κ1) is 14.9. The first-order chi connectivity index (χ1) is 9.49. The number of hydrogen-bond acceptors (Lipinski definition) is 2. The van der Waals surface area contributed by atoms with Crippen LogP contribution in [0.25, 0.3) is 0 Å². The van der Waals surface area contributed by atoms with Crippen LogP contribution in [0.2, 0.25) is 0 Å². The van der Waals surface area contributed by atoms with Gasteiger partial charge in [0.1, 0.15) is 0 Å². The van der Waals surface area contributed by atoms with Crippen molar-refractivity contribution in [3.63, 3.8) is 0 Å². The quantitative estimate of drug-likeness (QED) is 0.911. The van der Waals surface area contributed by atoms with Gasteiger partial charge in [0.25, 0.3) is 5.91 Å². The van der Waals surface area contributed by atoms with Crippen LogP contribution >= 0.6 is 0 Å². The summed E-state index contributed by atoms with van der Waals surface area (Å²) in [6, 6.07) is 6.01. The molecule has 1 heterocycles. The summed E-state index contributed by atoms with van der Waals surface area (Å²) in [5.41, 5.74) is 3.26. The number of carbonyl (C=O) groups excluding carboxylic acids is 1. The number of nitrogens with one attached hydrogen (secondary N) is 1. The number of amides is 1. The van der Waals surface area contributed by atoms with E-state index in [1.54, 1.807) is 0 Å². The topological polar surface area (TPSA) is 32.3 Å². The molecule has 0 saturated carbocycles. The standard InChI is InChI=1S/C17H26N2O/c1-5-17(3)8-10-19(11-9-17)16(20)14-12-13(2)6-7-15(14)18-4/h6-7,12,18H,5,8-11H2,1-4H3. The summed E-state index contributed by atoms with van der Waals surface area (Å²) < 4.78 is 0. The maximum absolute atomic E-state index is 12.7. The van der Waals surface area contributed by atoms with Gasteiger partial charge in [-0.3, -0.25) is 4.79 Å². The minimum Gasteiger partial charge on any atom is -0.387 e. The second kappa shape index (κ2) is 5.86. The molecule has 1 aromatic carbocycles. The summed E-state index contributed by atoms with van der Waals surface area (Å²) in [7, 11) is 1.87. The van der Waals surface area contributed by atoms with Crippen LogP contribution in [0.3, 0.4) is 0 Å². The zero-order valence-corrected chi connectivity index (χ0v) is 13.1. The Morgan fingerprint density at radius 2 is 2.00 bits per heavy atom. The molecule has 0 unspecified atom stereocenters. The number of carbonyl (C=O) groups is 1. The van der Waals surface area contributed by atoms with Crippen LogP contribution in [0.4, 0.5) is 5.69 Å². The van der Waals surface area contributed by atoms with Gasteiger partial charge in [0.15, 0.2) is 0 Å². The molecule has 0 bridgehead atoms. The van der Waals surface area contributed by atoms with E-state index in [1.807, 2.05) is 37.1 Å². The smallest absolute Gasteiger partial charge is 0.255 e. The summed E-state index contributed by atoms with van der Waals surface area (Å²) in [4.78, 5) is 14.7. The van der Waals surface area contributed by atoms with Gasteiger partial charge in [0, 0.05) is 25.8 Å². The molecule has 0 atom stereocenters. The van der Waals surface area contributed by atoms with Crippen molar-refractivity contribution in [2.75, 3.05) is 25.5 Å². The van der Waals surface area contributed by atoms with Crippen LogP contribution in [0.1, 0.15) is 49.0 Å². The van der Waals surface area contributed by atoms with Crippen LogP contribution in [0.15, 0.2) is 18.2 Å². The fraction of sp³-hybridized carbons (Fsp3) is 0.588. The third-order valence-electron chi connectivity index (χ3n) is 4.79. The van der Waals surface area contributed by atoms with E-state index in [-0.39, 0.29) is 5.91 Å². The first-order valence-electron chi connectivity index (χ1n) is 7.57. The van der Waals surface area contributed by atoms with Crippen molar-refractivity contribution in [1.82, 2.24) is 4.90 Å². The second-order valence-corrected chi connectivity index (χ2v) is 6.26. The Morgan fingerprint density at radius 3 is 2.55 bits per heavy atom. The lowest BCUT2D eigenvalue weighted by Crippen LogP contribution is -2.42. The molecule has 1 aromatic rings. The summed E-state index contributed by atoms with van der Waals surface area (Å²) >= 11 is 0. The van der Waals surface area contributed by atoms with Gasteiger partial charge in [0.2, 0.25) is 0 Å². The Bertz CT molecular complexity index is 488. The molecular weight excluding hydrogens is 248 g/mol. The van der Waals surface area contributed by atoms with Crippen molar-refractivity contribution in [1.29, 1.82) is 0 Å². The van der Waals surface area contributed by atoms with Crippen molar-refractivity contribution in [3.05, 3.63) is 29.3 Å². The Balaban J connectivity index is 2.15. The van der Waals surface area contributed by atoms with Crippen molar-refractivity contribution < 1.29 is 4.79 Å². The zero-order chi connectivity index (χ0) is 14.8. The van der Waals surface area contributed by atoms with E-state index in [1.165, 1.54) is 6.42 Å². The van der Waals surface area contributed by atoms with E-state index >= 15 is 0 Å². The van der Waals surface area contributed by atoms with Crippen LogP contribution < -0.4 is 5.32 Å². The highest BCUT2D eigenvalue weighted by molar-refractivity contribution is 5.99. The lowest BCUT2D eigenvalue weighted by molar-refractivity contribution is 0.0601. The van der Waals surface area contributed by atoms with Gasteiger partial charge < -0.3 is 10.2 Å². The van der Waals surface area contributed by atoms with Crippen LogP contribution in [-0.2, 0) is 0 Å². The maximum Gasteiger partial charge on any atom is 0.255 e. The zero-order valence-electron chi connectivity index (χ0n) is 13.1. The Kier molecular flexibility index (Phi) is 4.36. The number of nitrogens with zero attached hydrogens (tertiary/aromatic N) is 1. The van der Waals surface area contributed by atoms with E-state index in [0.29, 0.717) is 5.41 Å². The lowest BCUT2D eigenvalue weighted by atomic mass is 9.78. The second-order valence-electron chi connectivity index (χ2n) is 6.26. The number of benzene rings is 1. The molecule has 1 aliphatic heterocycles. The highest BCUT2D eigenvalue weighted by Crippen LogP contribution is 2.34. The Hall–Kier alpha value is -1.51. The largest absolute Gasteiger partial charge is 0.387 e. The van der Waals surface area contributed by atoms with Gasteiger partial charge in [-0.15, -0.1) is 0 Å². The monoisotopic (exact) mass is 274 g/mol. The number of piperidine rings is 1. The van der Waals surface area contributed by atoms with Crippen molar-refractivity contribution >= 4 is 11.6 Å². The maximum atomic E-state index is 12.7. The SMILES string of the molecule is CCC1(C)CCN(C(=O)c2cc(C)ccc2NC)CC1. The summed E-state index contributed by atoms with van der Waals surface area (Å²) in [6.45, 7) is 8.36. The van der Waals surface area contributed by atoms with Gasteiger partial charge in [-0.05, 0) is 37.3 Å². The van der Waals surface area contributed by atoms with Gasteiger partial charge in [-0.2, -0.15) is 0 Å². The number of likely N-dealkylation sites (tertiary alicyclic amines) is 1. The molecule has 1 amide bonds. The molecule has 1 aliphatic rings. The highest BCUT2D eigenvalue weighted by Gasteiger charge is 2.31. The van der Waals surface area contributed by atoms with Crippen LogP contribution in [0, 0.1) is 12.3 Å². The first-order valence-corrected chi connectivity index (χ1v) is 7.57. The normalized spacial score (nSPS) is 17.9. The van der Waals surface area contributed by atoms with Crippen LogP contribution in [-0.4, -0.2) is 30.9 Å². The molecule has 1 fully saturated rings. The van der Waals surface area contributed by atoms with Crippen LogP contribution in [0.5, 0.6) is 0 Å². The molecule has 20 heavy (non-hydrogen) atoms.